The second-order valence-electron chi connectivity index (χ2n) is 6.66. The summed E-state index contributed by atoms with van der Waals surface area (Å²) in [5.74, 6) is -0.385. The van der Waals surface area contributed by atoms with Crippen LogP contribution in [0.3, 0.4) is 0 Å². The minimum atomic E-state index is -5.77. The minimum Gasteiger partial charge on any atom is -0.494 e. The van der Waals surface area contributed by atoms with Gasteiger partial charge in [-0.2, -0.15) is 31.6 Å². The molecule has 1 aliphatic heterocycles. The Bertz CT molecular complexity index is 892. The molecule has 29 heavy (non-hydrogen) atoms. The molecule has 1 aliphatic carbocycles. The standard InChI is InChI=1S/C19H17F6N3O/c1-2-29-12-8-6-11(7-9-12)28-15-5-3-4-13(15)17(18(20,21)22,19(23,24)25)14(10-26)16(28)27/h6-9H,2-5,27H2,1H3. The monoisotopic (exact) mass is 417 g/mol. The number of nitrogens with zero attached hydrogens (tertiary/aromatic N) is 2. The molecule has 2 N–H and O–H groups in total. The highest BCUT2D eigenvalue weighted by molar-refractivity contribution is 5.67. The first-order chi connectivity index (χ1) is 13.5. The van der Waals surface area contributed by atoms with E-state index < -0.39 is 41.2 Å². The molecule has 10 heteroatoms. The van der Waals surface area contributed by atoms with Crippen LogP contribution in [-0.2, 0) is 0 Å². The highest BCUT2D eigenvalue weighted by Crippen LogP contribution is 2.65. The van der Waals surface area contributed by atoms with Crippen molar-refractivity contribution in [1.82, 2.24) is 0 Å². The largest absolute Gasteiger partial charge is 0.494 e. The van der Waals surface area contributed by atoms with Gasteiger partial charge in [-0.3, -0.25) is 4.90 Å². The van der Waals surface area contributed by atoms with Gasteiger partial charge in [0.15, 0.2) is 0 Å². The summed E-state index contributed by atoms with van der Waals surface area (Å²) in [6.45, 7) is 2.15. The molecule has 2 aliphatic rings. The van der Waals surface area contributed by atoms with Crippen LogP contribution in [0.25, 0.3) is 0 Å². The topological polar surface area (TPSA) is 62.3 Å². The maximum Gasteiger partial charge on any atom is 0.411 e. The number of ether oxygens (including phenoxy) is 1. The Balaban J connectivity index is 2.28. The molecule has 0 fully saturated rings. The second kappa shape index (κ2) is 6.90. The van der Waals surface area contributed by atoms with Crippen LogP contribution in [0.1, 0.15) is 26.2 Å². The van der Waals surface area contributed by atoms with Gasteiger partial charge in [-0.25, -0.2) is 0 Å². The molecule has 0 radical (unpaired) electrons. The molecular formula is C19H17F6N3O. The molecular weight excluding hydrogens is 400 g/mol. The van der Waals surface area contributed by atoms with Crippen molar-refractivity contribution in [3.63, 3.8) is 0 Å². The lowest BCUT2D eigenvalue weighted by Crippen LogP contribution is -2.56. The zero-order chi connectivity index (χ0) is 21.6. The number of halogens is 6. The van der Waals surface area contributed by atoms with E-state index in [4.69, 9.17) is 10.5 Å². The number of hydrogen-bond acceptors (Lipinski definition) is 4. The van der Waals surface area contributed by atoms with Gasteiger partial charge in [-0.15, -0.1) is 0 Å². The predicted molar refractivity (Wildman–Crippen MR) is 92.3 cm³/mol. The third-order valence-electron chi connectivity index (χ3n) is 5.15. The molecule has 1 heterocycles. The minimum absolute atomic E-state index is 0.0180. The summed E-state index contributed by atoms with van der Waals surface area (Å²) in [6.07, 6.45) is -11.9. The molecule has 0 amide bonds. The van der Waals surface area contributed by atoms with E-state index in [1.165, 1.54) is 24.3 Å². The first kappa shape index (κ1) is 20.9. The molecule has 0 saturated carbocycles. The van der Waals surface area contributed by atoms with E-state index in [9.17, 15) is 31.6 Å². The Morgan fingerprint density at radius 1 is 1.10 bits per heavy atom. The predicted octanol–water partition coefficient (Wildman–Crippen LogP) is 5.15. The molecule has 3 rings (SSSR count). The number of nitriles is 1. The van der Waals surface area contributed by atoms with Gasteiger partial charge in [0, 0.05) is 11.4 Å². The zero-order valence-electron chi connectivity index (χ0n) is 15.3. The average molecular weight is 417 g/mol. The Labute approximate surface area is 162 Å². The van der Waals surface area contributed by atoms with Crippen molar-refractivity contribution in [3.05, 3.63) is 46.9 Å². The molecule has 0 spiro atoms. The van der Waals surface area contributed by atoms with E-state index in [-0.39, 0.29) is 24.2 Å². The molecule has 0 bridgehead atoms. The number of nitrogens with two attached hydrogens (primary N) is 1. The van der Waals surface area contributed by atoms with Gasteiger partial charge in [-0.05, 0) is 56.0 Å². The van der Waals surface area contributed by atoms with Crippen molar-refractivity contribution in [2.75, 3.05) is 11.5 Å². The lowest BCUT2D eigenvalue weighted by molar-refractivity contribution is -0.310. The van der Waals surface area contributed by atoms with Crippen molar-refractivity contribution in [2.24, 2.45) is 11.1 Å². The molecule has 0 saturated heterocycles. The van der Waals surface area contributed by atoms with Crippen LogP contribution in [0.5, 0.6) is 5.75 Å². The number of hydrogen-bond donors (Lipinski definition) is 1. The van der Waals surface area contributed by atoms with Crippen molar-refractivity contribution < 1.29 is 31.1 Å². The summed E-state index contributed by atoms with van der Waals surface area (Å²) in [5.41, 5.74) is -0.915. The number of rotatable bonds is 3. The second-order valence-corrected chi connectivity index (χ2v) is 6.66. The van der Waals surface area contributed by atoms with Crippen LogP contribution in [-0.4, -0.2) is 19.0 Å². The van der Waals surface area contributed by atoms with Crippen molar-refractivity contribution in [1.29, 1.82) is 5.26 Å². The fraction of sp³-hybridized carbons (Fsp3) is 0.421. The third-order valence-corrected chi connectivity index (χ3v) is 5.15. The molecule has 0 atom stereocenters. The van der Waals surface area contributed by atoms with E-state index in [2.05, 4.69) is 0 Å². The number of allylic oxidation sites excluding steroid dienone is 3. The van der Waals surface area contributed by atoms with Crippen LogP contribution >= 0.6 is 0 Å². The Morgan fingerprint density at radius 3 is 2.17 bits per heavy atom. The first-order valence-electron chi connectivity index (χ1n) is 8.80. The molecule has 1 aromatic rings. The van der Waals surface area contributed by atoms with E-state index >= 15 is 0 Å². The van der Waals surface area contributed by atoms with Crippen molar-refractivity contribution in [3.8, 4) is 11.8 Å². The van der Waals surface area contributed by atoms with Gasteiger partial charge in [0.25, 0.3) is 0 Å². The normalized spacial score (nSPS) is 19.3. The maximum absolute atomic E-state index is 14.0. The summed E-state index contributed by atoms with van der Waals surface area (Å²) in [6, 6.07) is 7.13. The van der Waals surface area contributed by atoms with Crippen LogP contribution < -0.4 is 15.4 Å². The van der Waals surface area contributed by atoms with Gasteiger partial charge in [-0.1, -0.05) is 0 Å². The Hall–Kier alpha value is -2.83. The molecule has 1 aromatic carbocycles. The highest BCUT2D eigenvalue weighted by Gasteiger charge is 2.77. The Morgan fingerprint density at radius 2 is 1.69 bits per heavy atom. The van der Waals surface area contributed by atoms with E-state index in [0.29, 0.717) is 12.4 Å². The number of anilines is 1. The number of benzene rings is 1. The quantitative estimate of drug-likeness (QED) is 0.691. The summed E-state index contributed by atoms with van der Waals surface area (Å²) < 4.78 is 89.2. The fourth-order valence-corrected chi connectivity index (χ4v) is 4.06. The fourth-order valence-electron chi connectivity index (χ4n) is 4.06. The van der Waals surface area contributed by atoms with Gasteiger partial charge in [0.2, 0.25) is 5.41 Å². The molecule has 0 aromatic heterocycles. The summed E-state index contributed by atoms with van der Waals surface area (Å²) in [7, 11) is 0. The Kier molecular flexibility index (Phi) is 4.97. The molecule has 156 valence electrons. The van der Waals surface area contributed by atoms with Crippen molar-refractivity contribution >= 4 is 5.69 Å². The first-order valence-corrected chi connectivity index (χ1v) is 8.80. The zero-order valence-corrected chi connectivity index (χ0v) is 15.3. The highest BCUT2D eigenvalue weighted by atomic mass is 19.4. The van der Waals surface area contributed by atoms with Crippen molar-refractivity contribution in [2.45, 2.75) is 38.5 Å². The lowest BCUT2D eigenvalue weighted by Gasteiger charge is -2.44. The maximum atomic E-state index is 14.0. The van der Waals surface area contributed by atoms with Crippen LogP contribution in [0.4, 0.5) is 32.0 Å². The van der Waals surface area contributed by atoms with Gasteiger partial charge >= 0.3 is 12.4 Å². The van der Waals surface area contributed by atoms with Crippen LogP contribution in [0, 0.1) is 16.7 Å². The summed E-state index contributed by atoms with van der Waals surface area (Å²) in [5, 5.41) is 9.37. The van der Waals surface area contributed by atoms with E-state index in [1.807, 2.05) is 0 Å². The summed E-state index contributed by atoms with van der Waals surface area (Å²) in [4.78, 5) is 1.12. The average Bonchev–Trinajstić information content (AvgIpc) is 3.08. The summed E-state index contributed by atoms with van der Waals surface area (Å²) >= 11 is 0. The SMILES string of the molecule is CCOc1ccc(N2C(N)=C(C#N)C(C(F)(F)F)(C(F)(F)F)C3=C2CCC3)cc1. The molecule has 0 unspecified atom stereocenters. The van der Waals surface area contributed by atoms with Crippen LogP contribution in [0.2, 0.25) is 0 Å². The third kappa shape index (κ3) is 2.91. The van der Waals surface area contributed by atoms with Gasteiger partial charge in [0.05, 0.1) is 12.2 Å². The van der Waals surface area contributed by atoms with Gasteiger partial charge < -0.3 is 10.5 Å². The smallest absolute Gasteiger partial charge is 0.411 e. The van der Waals surface area contributed by atoms with Crippen LogP contribution in [0.15, 0.2) is 46.9 Å². The number of alkyl halides is 6. The lowest BCUT2D eigenvalue weighted by atomic mass is 9.69. The van der Waals surface area contributed by atoms with Gasteiger partial charge in [0.1, 0.15) is 17.6 Å². The van der Waals surface area contributed by atoms with E-state index in [1.54, 1.807) is 6.92 Å². The van der Waals surface area contributed by atoms with E-state index in [0.717, 1.165) is 11.0 Å². The molecule has 4 nitrogen and oxygen atoms in total.